The van der Waals surface area contributed by atoms with E-state index in [0.29, 0.717) is 16.1 Å². The molecule has 1 unspecified atom stereocenters. The van der Waals surface area contributed by atoms with Crippen LogP contribution in [0.15, 0.2) is 60.7 Å². The molecule has 0 radical (unpaired) electrons. The molecule has 216 valence electrons. The molecule has 0 fully saturated rings. The molecule has 4 N–H and O–H groups in total. The SMILES string of the molecule is CCCCCCCCC(CCCCCCCCCN(C(N)=S)c1ccccc1)CN(C(N)=S)c1ccccc1. The number of nitrogens with two attached hydrogens (primary N) is 2. The quantitative estimate of drug-likeness (QED) is 0.116. The molecule has 6 heteroatoms. The van der Waals surface area contributed by atoms with E-state index in [4.69, 9.17) is 35.9 Å². The van der Waals surface area contributed by atoms with Gasteiger partial charge in [-0.15, -0.1) is 0 Å². The van der Waals surface area contributed by atoms with Crippen LogP contribution in [0.3, 0.4) is 0 Å². The molecule has 4 nitrogen and oxygen atoms in total. The van der Waals surface area contributed by atoms with Crippen LogP contribution < -0.4 is 21.3 Å². The minimum Gasteiger partial charge on any atom is -0.376 e. The molecule has 1 atom stereocenters. The summed E-state index contributed by atoms with van der Waals surface area (Å²) in [5.74, 6) is 0.627. The van der Waals surface area contributed by atoms with Crippen LogP contribution in [0.5, 0.6) is 0 Å². The summed E-state index contributed by atoms with van der Waals surface area (Å²) in [5.41, 5.74) is 14.3. The van der Waals surface area contributed by atoms with E-state index in [1.807, 2.05) is 29.2 Å². The molecule has 0 aliphatic rings. The third-order valence-electron chi connectivity index (χ3n) is 7.57. The highest BCUT2D eigenvalue weighted by Crippen LogP contribution is 2.24. The molecule has 0 aliphatic carbocycles. The lowest BCUT2D eigenvalue weighted by atomic mass is 9.93. The monoisotopic (exact) mass is 568 g/mol. The van der Waals surface area contributed by atoms with Crippen molar-refractivity contribution in [2.24, 2.45) is 17.4 Å². The summed E-state index contributed by atoms with van der Waals surface area (Å²) in [6.45, 7) is 4.09. The molecule has 2 aromatic rings. The Hall–Kier alpha value is -2.18. The van der Waals surface area contributed by atoms with E-state index in [0.717, 1.165) is 30.9 Å². The summed E-state index contributed by atoms with van der Waals surface area (Å²) in [4.78, 5) is 4.19. The van der Waals surface area contributed by atoms with Gasteiger partial charge in [-0.3, -0.25) is 0 Å². The predicted octanol–water partition coefficient (Wildman–Crippen LogP) is 8.97. The van der Waals surface area contributed by atoms with Crippen LogP contribution >= 0.6 is 24.4 Å². The van der Waals surface area contributed by atoms with Crippen molar-refractivity contribution in [2.75, 3.05) is 22.9 Å². The molecule has 0 aliphatic heterocycles. The van der Waals surface area contributed by atoms with Crippen molar-refractivity contribution in [3.63, 3.8) is 0 Å². The van der Waals surface area contributed by atoms with Gasteiger partial charge in [0.1, 0.15) is 0 Å². The Morgan fingerprint density at radius 2 is 1.00 bits per heavy atom. The number of benzene rings is 2. The van der Waals surface area contributed by atoms with E-state index >= 15 is 0 Å². The van der Waals surface area contributed by atoms with Gasteiger partial charge in [-0.25, -0.2) is 0 Å². The zero-order chi connectivity index (χ0) is 28.1. The number of rotatable bonds is 21. The fraction of sp³-hybridized carbons (Fsp3) is 0.576. The number of unbranched alkanes of at least 4 members (excludes halogenated alkanes) is 11. The maximum absolute atomic E-state index is 6.17. The summed E-state index contributed by atoms with van der Waals surface area (Å²) in [6.07, 6.45) is 19.3. The van der Waals surface area contributed by atoms with Gasteiger partial charge in [0.2, 0.25) is 0 Å². The maximum Gasteiger partial charge on any atom is 0.170 e. The van der Waals surface area contributed by atoms with Gasteiger partial charge >= 0.3 is 0 Å². The molecule has 2 aromatic carbocycles. The topological polar surface area (TPSA) is 58.5 Å². The molecule has 0 bridgehead atoms. The van der Waals surface area contributed by atoms with E-state index in [1.165, 1.54) is 89.9 Å². The number of hydrogen-bond donors (Lipinski definition) is 2. The Labute approximate surface area is 249 Å². The van der Waals surface area contributed by atoms with Crippen molar-refractivity contribution in [1.82, 2.24) is 0 Å². The minimum atomic E-state index is 0.456. The van der Waals surface area contributed by atoms with Gasteiger partial charge in [0.15, 0.2) is 10.2 Å². The molecule has 0 saturated carbocycles. The first kappa shape index (κ1) is 33.0. The Morgan fingerprint density at radius 3 is 1.46 bits per heavy atom. The second kappa shape index (κ2) is 20.7. The zero-order valence-electron chi connectivity index (χ0n) is 24.2. The average Bonchev–Trinajstić information content (AvgIpc) is 2.94. The zero-order valence-corrected chi connectivity index (χ0v) is 25.9. The highest BCUT2D eigenvalue weighted by molar-refractivity contribution is 7.80. The number of hydrogen-bond acceptors (Lipinski definition) is 2. The smallest absolute Gasteiger partial charge is 0.170 e. The Bertz CT molecular complexity index is 906. The number of anilines is 2. The van der Waals surface area contributed by atoms with Gasteiger partial charge in [0.05, 0.1) is 0 Å². The molecule has 39 heavy (non-hydrogen) atoms. The number of thiocarbonyl (C=S) groups is 2. The highest BCUT2D eigenvalue weighted by Gasteiger charge is 2.17. The van der Waals surface area contributed by atoms with E-state index in [2.05, 4.69) is 48.2 Å². The third-order valence-corrected chi connectivity index (χ3v) is 8.01. The maximum atomic E-state index is 6.17. The fourth-order valence-electron chi connectivity index (χ4n) is 5.29. The number of nitrogens with zero attached hydrogens (tertiary/aromatic N) is 2. The van der Waals surface area contributed by atoms with E-state index in [1.54, 1.807) is 0 Å². The average molecular weight is 569 g/mol. The van der Waals surface area contributed by atoms with Crippen molar-refractivity contribution >= 4 is 46.0 Å². The van der Waals surface area contributed by atoms with Crippen molar-refractivity contribution in [2.45, 2.75) is 103 Å². The molecular formula is C33H52N4S2. The summed E-state index contributed by atoms with van der Waals surface area (Å²) < 4.78 is 0. The number of para-hydroxylation sites is 2. The first-order valence-corrected chi connectivity index (χ1v) is 16.1. The Kier molecular flexibility index (Phi) is 17.5. The molecule has 2 rings (SSSR count). The van der Waals surface area contributed by atoms with Crippen LogP contribution in [0.1, 0.15) is 103 Å². The standard InChI is InChI=1S/C33H52N4S2/c1-2-3-4-5-9-14-21-29(28-37(33(35)39)31-25-18-13-19-26-31)22-15-10-7-6-8-11-20-27-36(32(34)38)30-23-16-12-17-24-30/h12-13,16-19,23-26,29H,2-11,14-15,20-22,27-28H2,1H3,(H2,34,38)(H2,35,39). The summed E-state index contributed by atoms with van der Waals surface area (Å²) >= 11 is 10.7. The van der Waals surface area contributed by atoms with Crippen LogP contribution in [-0.2, 0) is 0 Å². The first-order chi connectivity index (χ1) is 19.0. The lowest BCUT2D eigenvalue weighted by molar-refractivity contribution is 0.410. The van der Waals surface area contributed by atoms with Gasteiger partial charge in [-0.05, 0) is 73.9 Å². The molecule has 0 heterocycles. The van der Waals surface area contributed by atoms with Gasteiger partial charge in [-0.1, -0.05) is 120 Å². The van der Waals surface area contributed by atoms with Crippen LogP contribution in [0.25, 0.3) is 0 Å². The fourth-order valence-corrected chi connectivity index (χ4v) is 5.67. The second-order valence-corrected chi connectivity index (χ2v) is 11.6. The normalized spacial score (nSPS) is 11.7. The molecule has 0 aromatic heterocycles. The van der Waals surface area contributed by atoms with Crippen molar-refractivity contribution in [3.8, 4) is 0 Å². The van der Waals surface area contributed by atoms with Crippen LogP contribution in [0.4, 0.5) is 11.4 Å². The van der Waals surface area contributed by atoms with E-state index < -0.39 is 0 Å². The third kappa shape index (κ3) is 14.1. The minimum absolute atomic E-state index is 0.456. The van der Waals surface area contributed by atoms with Gasteiger partial charge in [0, 0.05) is 24.5 Å². The van der Waals surface area contributed by atoms with Crippen molar-refractivity contribution < 1.29 is 0 Å². The van der Waals surface area contributed by atoms with Crippen molar-refractivity contribution in [3.05, 3.63) is 60.7 Å². The van der Waals surface area contributed by atoms with Crippen molar-refractivity contribution in [1.29, 1.82) is 0 Å². The second-order valence-electron chi connectivity index (χ2n) is 10.8. The summed E-state index contributed by atoms with van der Waals surface area (Å²) in [7, 11) is 0. The van der Waals surface area contributed by atoms with Gasteiger partial charge in [-0.2, -0.15) is 0 Å². The Balaban J connectivity index is 1.70. The summed E-state index contributed by atoms with van der Waals surface area (Å²) in [5, 5.41) is 0.938. The predicted molar refractivity (Wildman–Crippen MR) is 180 cm³/mol. The largest absolute Gasteiger partial charge is 0.376 e. The molecule has 0 spiro atoms. The molecule has 0 saturated heterocycles. The molecule has 0 amide bonds. The van der Waals surface area contributed by atoms with Gasteiger partial charge in [0.25, 0.3) is 0 Å². The van der Waals surface area contributed by atoms with Crippen LogP contribution in [0, 0.1) is 5.92 Å². The lowest BCUT2D eigenvalue weighted by Crippen LogP contribution is -2.39. The summed E-state index contributed by atoms with van der Waals surface area (Å²) in [6, 6.07) is 20.6. The highest BCUT2D eigenvalue weighted by atomic mass is 32.1. The molecular weight excluding hydrogens is 517 g/mol. The first-order valence-electron chi connectivity index (χ1n) is 15.3. The van der Waals surface area contributed by atoms with E-state index in [9.17, 15) is 0 Å². The van der Waals surface area contributed by atoms with Gasteiger partial charge < -0.3 is 21.3 Å². The van der Waals surface area contributed by atoms with Crippen LogP contribution in [0.2, 0.25) is 0 Å². The Morgan fingerprint density at radius 1 is 0.590 bits per heavy atom. The van der Waals surface area contributed by atoms with E-state index in [-0.39, 0.29) is 0 Å². The van der Waals surface area contributed by atoms with Crippen LogP contribution in [-0.4, -0.2) is 23.3 Å². The lowest BCUT2D eigenvalue weighted by Gasteiger charge is -2.28.